The van der Waals surface area contributed by atoms with Gasteiger partial charge in [0.2, 0.25) is 0 Å². The molecule has 0 radical (unpaired) electrons. The molecule has 0 spiro atoms. The molecule has 0 aliphatic heterocycles. The van der Waals surface area contributed by atoms with Gasteiger partial charge in [-0.05, 0) is 0 Å². The third-order valence-electron chi connectivity index (χ3n) is 1.24. The van der Waals surface area contributed by atoms with Crippen molar-refractivity contribution in [1.29, 1.82) is 5.26 Å². The summed E-state index contributed by atoms with van der Waals surface area (Å²) in [5.41, 5.74) is -0.701. The molecule has 1 aromatic heterocycles. The molecule has 1 heterocycles. The highest BCUT2D eigenvalue weighted by Crippen LogP contribution is 2.32. The first kappa shape index (κ1) is 9.71. The molecule has 0 unspecified atom stereocenters. The van der Waals surface area contributed by atoms with Crippen molar-refractivity contribution < 1.29 is 4.92 Å². The molecule has 66 valence electrons. The Morgan fingerprint density at radius 2 is 2.23 bits per heavy atom. The average molecular weight is 218 g/mol. The lowest BCUT2D eigenvalue weighted by Crippen LogP contribution is -1.94. The van der Waals surface area contributed by atoms with Crippen LogP contribution in [0.3, 0.4) is 0 Å². The topological polar surface area (TPSA) is 79.8 Å². The zero-order valence-corrected chi connectivity index (χ0v) is 7.50. The van der Waals surface area contributed by atoms with E-state index in [2.05, 4.69) is 4.98 Å². The van der Waals surface area contributed by atoms with E-state index in [0.29, 0.717) is 0 Å². The summed E-state index contributed by atoms with van der Waals surface area (Å²) in [5, 5.41) is 18.3. The Bertz CT molecular complexity index is 413. The van der Waals surface area contributed by atoms with Crippen LogP contribution in [0.25, 0.3) is 0 Å². The largest absolute Gasteiger partial charge is 0.310 e. The Hall–Kier alpha value is -1.38. The summed E-state index contributed by atoms with van der Waals surface area (Å²) in [6.07, 6.45) is 1.02. The normalized spacial score (nSPS) is 9.31. The second-order valence-electron chi connectivity index (χ2n) is 1.99. The van der Waals surface area contributed by atoms with Gasteiger partial charge in [0, 0.05) is 0 Å². The summed E-state index contributed by atoms with van der Waals surface area (Å²) in [6.45, 7) is 0. The Morgan fingerprint density at radius 1 is 1.62 bits per heavy atom. The first-order chi connectivity index (χ1) is 6.07. The number of aromatic nitrogens is 1. The molecule has 13 heavy (non-hydrogen) atoms. The molecule has 0 aliphatic rings. The number of hydrogen-bond acceptors (Lipinski definition) is 4. The van der Waals surface area contributed by atoms with Crippen LogP contribution in [-0.4, -0.2) is 9.91 Å². The van der Waals surface area contributed by atoms with Crippen molar-refractivity contribution in [1.82, 2.24) is 4.98 Å². The van der Waals surface area contributed by atoms with Gasteiger partial charge in [-0.1, -0.05) is 23.2 Å². The average Bonchev–Trinajstić information content (AvgIpc) is 2.04. The monoisotopic (exact) mass is 217 g/mol. The van der Waals surface area contributed by atoms with Crippen molar-refractivity contribution >= 4 is 28.9 Å². The minimum absolute atomic E-state index is 0.186. The minimum Gasteiger partial charge on any atom is -0.258 e. The predicted octanol–water partition coefficient (Wildman–Crippen LogP) is 2.17. The van der Waals surface area contributed by atoms with Gasteiger partial charge in [-0.3, -0.25) is 10.1 Å². The second kappa shape index (κ2) is 3.56. The first-order valence-electron chi connectivity index (χ1n) is 2.96. The number of nitrogens with zero attached hydrogens (tertiary/aromatic N) is 3. The van der Waals surface area contributed by atoms with Gasteiger partial charge in [0.1, 0.15) is 11.1 Å². The molecule has 7 heteroatoms. The van der Waals surface area contributed by atoms with Crippen molar-refractivity contribution in [2.75, 3.05) is 0 Å². The SMILES string of the molecule is N#Cc1ncc(Cl)c([N+](=O)[O-])c1Cl. The van der Waals surface area contributed by atoms with Crippen molar-refractivity contribution in [3.05, 3.63) is 32.1 Å². The zero-order valence-electron chi connectivity index (χ0n) is 5.99. The third kappa shape index (κ3) is 1.69. The maximum absolute atomic E-state index is 10.4. The van der Waals surface area contributed by atoms with Gasteiger partial charge < -0.3 is 0 Å². The fraction of sp³-hybridized carbons (Fsp3) is 0. The third-order valence-corrected chi connectivity index (χ3v) is 1.87. The molecule has 0 bridgehead atoms. The zero-order chi connectivity index (χ0) is 10.0. The standard InChI is InChI=1S/C6HCl2N3O2/c7-3-2-10-4(1-9)5(8)6(3)11(12)13/h2H. The van der Waals surface area contributed by atoms with Crippen LogP contribution in [0.4, 0.5) is 5.69 Å². The summed E-state index contributed by atoms with van der Waals surface area (Å²) in [4.78, 5) is 13.2. The molecule has 1 rings (SSSR count). The second-order valence-corrected chi connectivity index (χ2v) is 2.77. The highest BCUT2D eigenvalue weighted by Gasteiger charge is 2.21. The van der Waals surface area contributed by atoms with Crippen LogP contribution < -0.4 is 0 Å². The highest BCUT2D eigenvalue weighted by atomic mass is 35.5. The maximum Gasteiger partial charge on any atom is 0.310 e. The Morgan fingerprint density at radius 3 is 2.69 bits per heavy atom. The lowest BCUT2D eigenvalue weighted by molar-refractivity contribution is -0.384. The molecule has 0 saturated carbocycles. The number of nitriles is 1. The van der Waals surface area contributed by atoms with Crippen LogP contribution in [0.2, 0.25) is 10.0 Å². The van der Waals surface area contributed by atoms with Gasteiger partial charge in [-0.2, -0.15) is 5.26 Å². The van der Waals surface area contributed by atoms with E-state index in [0.717, 1.165) is 6.20 Å². The molecule has 0 fully saturated rings. The van der Waals surface area contributed by atoms with E-state index in [1.165, 1.54) is 0 Å². The summed E-state index contributed by atoms with van der Waals surface area (Å²) < 4.78 is 0. The fourth-order valence-corrected chi connectivity index (χ4v) is 1.22. The van der Waals surface area contributed by atoms with E-state index in [-0.39, 0.29) is 15.7 Å². The quantitative estimate of drug-likeness (QED) is 0.534. The van der Waals surface area contributed by atoms with Crippen LogP contribution >= 0.6 is 23.2 Å². The van der Waals surface area contributed by atoms with Crippen LogP contribution in [0, 0.1) is 21.4 Å². The Labute approximate surface area is 82.7 Å². The Kier molecular flexibility index (Phi) is 2.66. The molecule has 0 amide bonds. The van der Waals surface area contributed by atoms with Crippen molar-refractivity contribution in [3.63, 3.8) is 0 Å². The smallest absolute Gasteiger partial charge is 0.258 e. The van der Waals surface area contributed by atoms with E-state index in [1.54, 1.807) is 6.07 Å². The van der Waals surface area contributed by atoms with Crippen molar-refractivity contribution in [2.24, 2.45) is 0 Å². The van der Waals surface area contributed by atoms with E-state index >= 15 is 0 Å². The first-order valence-corrected chi connectivity index (χ1v) is 3.72. The molecule has 0 atom stereocenters. The summed E-state index contributed by atoms with van der Waals surface area (Å²) in [7, 11) is 0. The van der Waals surface area contributed by atoms with E-state index in [1.807, 2.05) is 0 Å². The number of hydrogen-bond donors (Lipinski definition) is 0. The number of halogens is 2. The molecule has 0 aromatic carbocycles. The molecule has 1 aromatic rings. The number of pyridine rings is 1. The Balaban J connectivity index is 3.50. The van der Waals surface area contributed by atoms with Gasteiger partial charge in [-0.15, -0.1) is 0 Å². The van der Waals surface area contributed by atoms with Crippen LogP contribution in [0.5, 0.6) is 0 Å². The minimum atomic E-state index is -0.757. The fourth-order valence-electron chi connectivity index (χ4n) is 0.701. The maximum atomic E-state index is 10.4. The molecule has 0 N–H and O–H groups in total. The predicted molar refractivity (Wildman–Crippen MR) is 45.6 cm³/mol. The van der Waals surface area contributed by atoms with Gasteiger partial charge in [0.15, 0.2) is 10.7 Å². The van der Waals surface area contributed by atoms with E-state index in [9.17, 15) is 10.1 Å². The summed E-state index contributed by atoms with van der Waals surface area (Å²) >= 11 is 11.0. The molecule has 0 aliphatic carbocycles. The lowest BCUT2D eigenvalue weighted by atomic mass is 10.3. The summed E-state index contributed by atoms with van der Waals surface area (Å²) in [6, 6.07) is 1.61. The van der Waals surface area contributed by atoms with E-state index in [4.69, 9.17) is 28.5 Å². The molecular weight excluding hydrogens is 217 g/mol. The highest BCUT2D eigenvalue weighted by molar-refractivity contribution is 6.38. The van der Waals surface area contributed by atoms with Crippen molar-refractivity contribution in [3.8, 4) is 6.07 Å². The van der Waals surface area contributed by atoms with Crippen LogP contribution in [0.1, 0.15) is 5.69 Å². The molecule has 0 saturated heterocycles. The number of nitro groups is 1. The van der Waals surface area contributed by atoms with Gasteiger partial charge >= 0.3 is 5.69 Å². The van der Waals surface area contributed by atoms with Crippen LogP contribution in [-0.2, 0) is 0 Å². The van der Waals surface area contributed by atoms with Gasteiger partial charge in [0.05, 0.1) is 11.1 Å². The van der Waals surface area contributed by atoms with Crippen LogP contribution in [0.15, 0.2) is 6.20 Å². The van der Waals surface area contributed by atoms with Gasteiger partial charge in [-0.25, -0.2) is 4.98 Å². The van der Waals surface area contributed by atoms with E-state index < -0.39 is 10.6 Å². The van der Waals surface area contributed by atoms with Gasteiger partial charge in [0.25, 0.3) is 0 Å². The van der Waals surface area contributed by atoms with Crippen molar-refractivity contribution in [2.45, 2.75) is 0 Å². The summed E-state index contributed by atoms with van der Waals surface area (Å²) in [5.74, 6) is 0. The number of rotatable bonds is 1. The molecule has 5 nitrogen and oxygen atoms in total. The molecular formula is C6HCl2N3O2. The lowest BCUT2D eigenvalue weighted by Gasteiger charge is -1.97.